The Kier molecular flexibility index (Phi) is 7.45. The number of halogens is 1. The third kappa shape index (κ3) is 5.25. The van der Waals surface area contributed by atoms with Gasteiger partial charge in [-0.2, -0.15) is 0 Å². The molecule has 158 valence electrons. The fourth-order valence-electron chi connectivity index (χ4n) is 4.08. The highest BCUT2D eigenvalue weighted by Gasteiger charge is 2.18. The monoisotopic (exact) mass is 400 g/mol. The molecule has 2 heterocycles. The van der Waals surface area contributed by atoms with E-state index in [-0.39, 0.29) is 11.7 Å². The van der Waals surface area contributed by atoms with Crippen LogP contribution in [0.3, 0.4) is 0 Å². The number of hydrogen-bond donors (Lipinski definition) is 1. The van der Waals surface area contributed by atoms with E-state index in [1.165, 1.54) is 6.07 Å². The lowest BCUT2D eigenvalue weighted by atomic mass is 10.2. The van der Waals surface area contributed by atoms with Gasteiger partial charge in [0.15, 0.2) is 0 Å². The van der Waals surface area contributed by atoms with Crippen LogP contribution in [0.5, 0.6) is 0 Å². The molecular formula is C23H33FN4O. The number of carbonyl (C=O) groups is 1. The molecule has 3 rings (SSSR count). The van der Waals surface area contributed by atoms with Gasteiger partial charge in [-0.05, 0) is 58.0 Å². The fraction of sp³-hybridized carbons (Fsp3) is 0.522. The number of amides is 1. The number of hydrogen-bond acceptors (Lipinski definition) is 3. The minimum absolute atomic E-state index is 0.0859. The highest BCUT2D eigenvalue weighted by Crippen LogP contribution is 2.22. The van der Waals surface area contributed by atoms with Crippen LogP contribution < -0.4 is 5.32 Å². The second-order valence-corrected chi connectivity index (χ2v) is 7.81. The number of para-hydroxylation sites is 1. The molecule has 1 saturated heterocycles. The number of benzene rings is 1. The predicted octanol–water partition coefficient (Wildman–Crippen LogP) is 3.38. The van der Waals surface area contributed by atoms with Gasteiger partial charge in [0.2, 0.25) is 0 Å². The standard InChI is InChI=1S/C23H33FN4O/c1-4-26-13-15-27(16-14-26)12-8-7-11-25-23(29)20-17-18(2)28(19(20)3)22-10-6-5-9-21(22)24/h5-6,9-10,17H,4,7-8,11-16H2,1-3H3,(H,25,29). The van der Waals surface area contributed by atoms with Crippen molar-refractivity contribution in [1.82, 2.24) is 19.7 Å². The minimum atomic E-state index is -0.291. The van der Waals surface area contributed by atoms with Crippen molar-refractivity contribution in [2.45, 2.75) is 33.6 Å². The Morgan fingerprint density at radius 3 is 2.45 bits per heavy atom. The van der Waals surface area contributed by atoms with Gasteiger partial charge in [0, 0.05) is 44.1 Å². The minimum Gasteiger partial charge on any atom is -0.352 e. The summed E-state index contributed by atoms with van der Waals surface area (Å²) in [6.07, 6.45) is 2.05. The number of aryl methyl sites for hydroxylation is 1. The van der Waals surface area contributed by atoms with Crippen LogP contribution in [0, 0.1) is 19.7 Å². The smallest absolute Gasteiger partial charge is 0.253 e. The number of likely N-dealkylation sites (N-methyl/N-ethyl adjacent to an activating group) is 1. The maximum atomic E-state index is 14.2. The normalized spacial score (nSPS) is 15.6. The molecule has 0 saturated carbocycles. The molecule has 1 fully saturated rings. The Morgan fingerprint density at radius 1 is 1.07 bits per heavy atom. The van der Waals surface area contributed by atoms with Crippen molar-refractivity contribution in [3.05, 3.63) is 53.1 Å². The summed E-state index contributed by atoms with van der Waals surface area (Å²) in [5.41, 5.74) is 2.70. The lowest BCUT2D eigenvalue weighted by Crippen LogP contribution is -2.46. The van der Waals surface area contributed by atoms with Crippen LogP contribution in [-0.4, -0.2) is 66.1 Å². The van der Waals surface area contributed by atoms with Crippen LogP contribution in [0.1, 0.15) is 41.5 Å². The zero-order valence-corrected chi connectivity index (χ0v) is 17.9. The summed E-state index contributed by atoms with van der Waals surface area (Å²) in [7, 11) is 0. The van der Waals surface area contributed by atoms with Crippen molar-refractivity contribution < 1.29 is 9.18 Å². The van der Waals surface area contributed by atoms with Crippen molar-refractivity contribution in [2.24, 2.45) is 0 Å². The van der Waals surface area contributed by atoms with Gasteiger partial charge in [-0.3, -0.25) is 4.79 Å². The molecule has 0 radical (unpaired) electrons. The van der Waals surface area contributed by atoms with Crippen LogP contribution in [0.2, 0.25) is 0 Å². The summed E-state index contributed by atoms with van der Waals surface area (Å²) in [6.45, 7) is 13.5. The van der Waals surface area contributed by atoms with Gasteiger partial charge in [0.25, 0.3) is 5.91 Å². The van der Waals surface area contributed by atoms with Crippen molar-refractivity contribution >= 4 is 5.91 Å². The first-order valence-corrected chi connectivity index (χ1v) is 10.7. The molecule has 1 aliphatic rings. The number of carbonyl (C=O) groups excluding carboxylic acids is 1. The van der Waals surface area contributed by atoms with Gasteiger partial charge in [-0.15, -0.1) is 0 Å². The average Bonchev–Trinajstić information content (AvgIpc) is 3.02. The van der Waals surface area contributed by atoms with E-state index >= 15 is 0 Å². The molecule has 5 nitrogen and oxygen atoms in total. The number of aromatic nitrogens is 1. The highest BCUT2D eigenvalue weighted by atomic mass is 19.1. The maximum Gasteiger partial charge on any atom is 0.253 e. The fourth-order valence-corrected chi connectivity index (χ4v) is 4.08. The summed E-state index contributed by atoms with van der Waals surface area (Å²) in [5, 5.41) is 3.03. The van der Waals surface area contributed by atoms with Gasteiger partial charge in [-0.1, -0.05) is 19.1 Å². The van der Waals surface area contributed by atoms with Gasteiger partial charge in [0.1, 0.15) is 5.82 Å². The molecule has 1 aromatic carbocycles. The molecule has 0 aliphatic carbocycles. The van der Waals surface area contributed by atoms with Gasteiger partial charge in [0.05, 0.1) is 11.3 Å². The third-order valence-electron chi connectivity index (χ3n) is 5.87. The van der Waals surface area contributed by atoms with Crippen LogP contribution in [0.4, 0.5) is 4.39 Å². The van der Waals surface area contributed by atoms with Gasteiger partial charge < -0.3 is 19.7 Å². The molecule has 0 atom stereocenters. The van der Waals surface area contributed by atoms with Crippen molar-refractivity contribution in [3.8, 4) is 5.69 Å². The Hall–Kier alpha value is -2.18. The Balaban J connectivity index is 1.48. The first kappa shape index (κ1) is 21.5. The summed E-state index contributed by atoms with van der Waals surface area (Å²) in [6, 6.07) is 8.49. The van der Waals surface area contributed by atoms with Crippen LogP contribution in [0.15, 0.2) is 30.3 Å². The van der Waals surface area contributed by atoms with Crippen molar-refractivity contribution in [2.75, 3.05) is 45.8 Å². The van der Waals surface area contributed by atoms with Crippen LogP contribution in [-0.2, 0) is 0 Å². The molecule has 1 N–H and O–H groups in total. The first-order chi connectivity index (χ1) is 14.0. The zero-order chi connectivity index (χ0) is 20.8. The van der Waals surface area contributed by atoms with E-state index in [0.717, 1.165) is 63.5 Å². The predicted molar refractivity (Wildman–Crippen MR) is 115 cm³/mol. The number of piperazine rings is 1. The van der Waals surface area contributed by atoms with E-state index in [1.54, 1.807) is 22.8 Å². The second-order valence-electron chi connectivity index (χ2n) is 7.81. The quantitative estimate of drug-likeness (QED) is 0.691. The lowest BCUT2D eigenvalue weighted by molar-refractivity contribution is 0.0951. The number of nitrogens with one attached hydrogen (secondary N) is 1. The van der Waals surface area contributed by atoms with E-state index in [2.05, 4.69) is 22.0 Å². The molecule has 1 amide bonds. The summed E-state index contributed by atoms with van der Waals surface area (Å²) in [4.78, 5) is 17.6. The molecule has 1 aromatic heterocycles. The maximum absolute atomic E-state index is 14.2. The molecule has 0 spiro atoms. The summed E-state index contributed by atoms with van der Waals surface area (Å²) < 4.78 is 16.0. The van der Waals surface area contributed by atoms with E-state index in [1.807, 2.05) is 19.9 Å². The van der Waals surface area contributed by atoms with Gasteiger partial charge in [-0.25, -0.2) is 4.39 Å². The second kappa shape index (κ2) is 10.0. The van der Waals surface area contributed by atoms with Gasteiger partial charge >= 0.3 is 0 Å². The topological polar surface area (TPSA) is 40.5 Å². The zero-order valence-electron chi connectivity index (χ0n) is 17.9. The van der Waals surface area contributed by atoms with E-state index < -0.39 is 0 Å². The number of rotatable bonds is 8. The van der Waals surface area contributed by atoms with Crippen molar-refractivity contribution in [3.63, 3.8) is 0 Å². The average molecular weight is 401 g/mol. The number of nitrogens with zero attached hydrogens (tertiary/aromatic N) is 3. The van der Waals surface area contributed by atoms with E-state index in [4.69, 9.17) is 0 Å². The molecule has 0 unspecified atom stereocenters. The first-order valence-electron chi connectivity index (χ1n) is 10.7. The Morgan fingerprint density at radius 2 is 1.76 bits per heavy atom. The Labute approximate surface area is 173 Å². The Bertz CT molecular complexity index is 824. The summed E-state index contributed by atoms with van der Waals surface area (Å²) >= 11 is 0. The van der Waals surface area contributed by atoms with Crippen molar-refractivity contribution in [1.29, 1.82) is 0 Å². The molecule has 29 heavy (non-hydrogen) atoms. The van der Waals surface area contributed by atoms with Crippen LogP contribution >= 0.6 is 0 Å². The third-order valence-corrected chi connectivity index (χ3v) is 5.87. The molecule has 6 heteroatoms. The van der Waals surface area contributed by atoms with E-state index in [9.17, 15) is 9.18 Å². The SMILES string of the molecule is CCN1CCN(CCCCNC(=O)c2cc(C)n(-c3ccccc3F)c2C)CC1. The number of unbranched alkanes of at least 4 members (excludes halogenated alkanes) is 1. The summed E-state index contributed by atoms with van der Waals surface area (Å²) in [5.74, 6) is -0.377. The highest BCUT2D eigenvalue weighted by molar-refractivity contribution is 5.95. The lowest BCUT2D eigenvalue weighted by Gasteiger charge is -2.33. The van der Waals surface area contributed by atoms with Crippen LogP contribution in [0.25, 0.3) is 5.69 Å². The molecular weight excluding hydrogens is 367 g/mol. The van der Waals surface area contributed by atoms with E-state index in [0.29, 0.717) is 17.8 Å². The molecule has 1 aliphatic heterocycles. The molecule has 2 aromatic rings. The molecule has 0 bridgehead atoms. The largest absolute Gasteiger partial charge is 0.352 e.